The first-order valence-corrected chi connectivity index (χ1v) is 4.49. The molecule has 0 aliphatic carbocycles. The van der Waals surface area contributed by atoms with Gasteiger partial charge in [0.05, 0.1) is 12.7 Å². The molecule has 0 aromatic heterocycles. The Kier molecular flexibility index (Phi) is 2.93. The number of carbonyl (C=O) groups excluding carboxylic acids is 1. The van der Waals surface area contributed by atoms with Crippen molar-refractivity contribution in [1.29, 1.82) is 0 Å². The minimum absolute atomic E-state index is 0.389. The minimum atomic E-state index is -0.418. The van der Waals surface area contributed by atoms with E-state index < -0.39 is 5.97 Å². The predicted octanol–water partition coefficient (Wildman–Crippen LogP) is 2.13. The summed E-state index contributed by atoms with van der Waals surface area (Å²) >= 11 is 3.31. The van der Waals surface area contributed by atoms with Gasteiger partial charge in [0.15, 0.2) is 0 Å². The van der Waals surface area contributed by atoms with E-state index in [2.05, 4.69) is 20.7 Å². The number of anilines is 1. The third kappa shape index (κ3) is 2.01. The Bertz CT molecular complexity index is 350. The molecule has 0 bridgehead atoms. The lowest BCUT2D eigenvalue weighted by atomic mass is 10.1. The average molecular weight is 244 g/mol. The molecule has 0 fully saturated rings. The van der Waals surface area contributed by atoms with E-state index in [4.69, 9.17) is 5.73 Å². The van der Waals surface area contributed by atoms with Crippen LogP contribution in [0.4, 0.5) is 5.69 Å². The zero-order valence-corrected chi connectivity index (χ0v) is 9.01. The van der Waals surface area contributed by atoms with Crippen LogP contribution in [0.5, 0.6) is 0 Å². The van der Waals surface area contributed by atoms with Crippen molar-refractivity contribution in [1.82, 2.24) is 0 Å². The van der Waals surface area contributed by atoms with Crippen molar-refractivity contribution in [3.8, 4) is 0 Å². The van der Waals surface area contributed by atoms with Gasteiger partial charge in [0.1, 0.15) is 0 Å². The van der Waals surface area contributed by atoms with Gasteiger partial charge in [-0.1, -0.05) is 15.9 Å². The summed E-state index contributed by atoms with van der Waals surface area (Å²) in [5, 5.41) is 0. The first-order valence-electron chi connectivity index (χ1n) is 3.70. The molecule has 70 valence electrons. The molecule has 0 aliphatic rings. The largest absolute Gasteiger partial charge is 0.465 e. The van der Waals surface area contributed by atoms with E-state index in [1.165, 1.54) is 7.11 Å². The van der Waals surface area contributed by atoms with Gasteiger partial charge in [-0.2, -0.15) is 0 Å². The maximum Gasteiger partial charge on any atom is 0.339 e. The van der Waals surface area contributed by atoms with Crippen LogP contribution in [-0.2, 0) is 4.74 Å². The van der Waals surface area contributed by atoms with Crippen LogP contribution in [-0.4, -0.2) is 13.1 Å². The van der Waals surface area contributed by atoms with Crippen LogP contribution in [0.2, 0.25) is 0 Å². The predicted molar refractivity (Wildman–Crippen MR) is 54.6 cm³/mol. The van der Waals surface area contributed by atoms with Gasteiger partial charge in [0.25, 0.3) is 0 Å². The van der Waals surface area contributed by atoms with E-state index in [0.717, 1.165) is 10.0 Å². The molecule has 0 atom stereocenters. The lowest BCUT2D eigenvalue weighted by Gasteiger charge is -2.06. The van der Waals surface area contributed by atoms with Crippen molar-refractivity contribution in [3.63, 3.8) is 0 Å². The molecule has 0 saturated heterocycles. The fraction of sp³-hybridized carbons (Fsp3) is 0.222. The molecule has 13 heavy (non-hydrogen) atoms. The molecule has 0 unspecified atom stereocenters. The topological polar surface area (TPSA) is 52.3 Å². The molecule has 4 heteroatoms. The van der Waals surface area contributed by atoms with Crippen molar-refractivity contribution >= 4 is 27.6 Å². The molecule has 0 spiro atoms. The second-order valence-corrected chi connectivity index (χ2v) is 3.53. The van der Waals surface area contributed by atoms with Gasteiger partial charge in [-0.05, 0) is 24.6 Å². The van der Waals surface area contributed by atoms with Crippen LogP contribution in [0.25, 0.3) is 0 Å². The van der Waals surface area contributed by atoms with Crippen molar-refractivity contribution < 1.29 is 9.53 Å². The van der Waals surface area contributed by atoms with Crippen LogP contribution in [0, 0.1) is 6.92 Å². The van der Waals surface area contributed by atoms with E-state index in [9.17, 15) is 4.79 Å². The maximum absolute atomic E-state index is 11.2. The summed E-state index contributed by atoms with van der Waals surface area (Å²) in [5.74, 6) is -0.418. The zero-order chi connectivity index (χ0) is 10.0. The molecular weight excluding hydrogens is 234 g/mol. The number of carbonyl (C=O) groups is 1. The number of methoxy groups -OCH3 is 1. The second kappa shape index (κ2) is 3.79. The average Bonchev–Trinajstić information content (AvgIpc) is 2.10. The first-order chi connectivity index (χ1) is 6.06. The molecule has 3 nitrogen and oxygen atoms in total. The molecule has 0 amide bonds. The molecule has 1 aromatic carbocycles. The van der Waals surface area contributed by atoms with E-state index >= 15 is 0 Å². The summed E-state index contributed by atoms with van der Waals surface area (Å²) in [6.07, 6.45) is 0. The summed E-state index contributed by atoms with van der Waals surface area (Å²) < 4.78 is 5.42. The number of aryl methyl sites for hydroxylation is 1. The number of nitrogen functional groups attached to an aromatic ring is 1. The van der Waals surface area contributed by atoms with Gasteiger partial charge in [0, 0.05) is 10.2 Å². The highest BCUT2D eigenvalue weighted by atomic mass is 79.9. The Hall–Kier alpha value is -1.03. The van der Waals surface area contributed by atoms with E-state index in [-0.39, 0.29) is 0 Å². The summed E-state index contributed by atoms with van der Waals surface area (Å²) in [4.78, 5) is 11.2. The fourth-order valence-corrected chi connectivity index (χ4v) is 1.33. The van der Waals surface area contributed by atoms with Gasteiger partial charge < -0.3 is 10.5 Å². The standard InChI is InChI=1S/C9H10BrNO2/c1-5-3-8(11)6(4-7(5)10)9(12)13-2/h3-4H,11H2,1-2H3. The molecule has 0 radical (unpaired) electrons. The molecule has 0 saturated carbocycles. The van der Waals surface area contributed by atoms with Gasteiger partial charge in [-0.25, -0.2) is 4.79 Å². The first kappa shape index (κ1) is 10.1. The number of esters is 1. The Morgan fingerprint density at radius 1 is 1.54 bits per heavy atom. The maximum atomic E-state index is 11.2. The number of nitrogens with two attached hydrogens (primary N) is 1. The van der Waals surface area contributed by atoms with Crippen LogP contribution >= 0.6 is 15.9 Å². The highest BCUT2D eigenvalue weighted by Gasteiger charge is 2.11. The van der Waals surface area contributed by atoms with Gasteiger partial charge in [0.2, 0.25) is 0 Å². The van der Waals surface area contributed by atoms with Gasteiger partial charge in [-0.3, -0.25) is 0 Å². The van der Waals surface area contributed by atoms with E-state index in [0.29, 0.717) is 11.3 Å². The Morgan fingerprint density at radius 2 is 2.15 bits per heavy atom. The van der Waals surface area contributed by atoms with Crippen molar-refractivity contribution in [2.24, 2.45) is 0 Å². The highest BCUT2D eigenvalue weighted by molar-refractivity contribution is 9.10. The summed E-state index contributed by atoms with van der Waals surface area (Å²) in [6, 6.07) is 3.40. The van der Waals surface area contributed by atoms with Crippen LogP contribution in [0.1, 0.15) is 15.9 Å². The Balaban J connectivity index is 3.23. The number of ether oxygens (including phenoxy) is 1. The number of hydrogen-bond acceptors (Lipinski definition) is 3. The van der Waals surface area contributed by atoms with E-state index in [1.807, 2.05) is 6.92 Å². The smallest absolute Gasteiger partial charge is 0.339 e. The van der Waals surface area contributed by atoms with Gasteiger partial charge in [-0.15, -0.1) is 0 Å². The number of benzene rings is 1. The quantitative estimate of drug-likeness (QED) is 0.608. The monoisotopic (exact) mass is 243 g/mol. The lowest BCUT2D eigenvalue weighted by Crippen LogP contribution is -2.05. The highest BCUT2D eigenvalue weighted by Crippen LogP contribution is 2.23. The molecule has 1 rings (SSSR count). The van der Waals surface area contributed by atoms with Crippen LogP contribution in [0.3, 0.4) is 0 Å². The molecule has 2 N–H and O–H groups in total. The van der Waals surface area contributed by atoms with E-state index in [1.54, 1.807) is 12.1 Å². The van der Waals surface area contributed by atoms with Crippen molar-refractivity contribution in [2.75, 3.05) is 12.8 Å². The van der Waals surface area contributed by atoms with Gasteiger partial charge >= 0.3 is 5.97 Å². The van der Waals surface area contributed by atoms with Crippen LogP contribution in [0.15, 0.2) is 16.6 Å². The summed E-state index contributed by atoms with van der Waals surface area (Å²) in [7, 11) is 1.33. The molecular formula is C9H10BrNO2. The minimum Gasteiger partial charge on any atom is -0.465 e. The number of hydrogen-bond donors (Lipinski definition) is 1. The van der Waals surface area contributed by atoms with Crippen molar-refractivity contribution in [3.05, 3.63) is 27.7 Å². The third-order valence-electron chi connectivity index (χ3n) is 1.74. The molecule has 0 aliphatic heterocycles. The van der Waals surface area contributed by atoms with Crippen LogP contribution < -0.4 is 5.73 Å². The summed E-state index contributed by atoms with van der Waals surface area (Å²) in [5.41, 5.74) is 7.46. The zero-order valence-electron chi connectivity index (χ0n) is 7.43. The normalized spacial score (nSPS) is 9.77. The fourth-order valence-electron chi connectivity index (χ4n) is 0.991. The summed E-state index contributed by atoms with van der Waals surface area (Å²) in [6.45, 7) is 1.90. The molecule has 1 aromatic rings. The molecule has 0 heterocycles. The third-order valence-corrected chi connectivity index (χ3v) is 2.59. The number of rotatable bonds is 1. The lowest BCUT2D eigenvalue weighted by molar-refractivity contribution is 0.0602. The second-order valence-electron chi connectivity index (χ2n) is 2.68. The Morgan fingerprint density at radius 3 is 2.69 bits per heavy atom. The Labute approximate surface area is 85.0 Å². The number of halogens is 1. The van der Waals surface area contributed by atoms with Crippen molar-refractivity contribution in [2.45, 2.75) is 6.92 Å². The SMILES string of the molecule is COC(=O)c1cc(Br)c(C)cc1N.